The Morgan fingerprint density at radius 3 is 2.48 bits per heavy atom. The summed E-state index contributed by atoms with van der Waals surface area (Å²) in [6.45, 7) is 14.4. The van der Waals surface area contributed by atoms with Crippen molar-refractivity contribution in [3.8, 4) is 0 Å². The van der Waals surface area contributed by atoms with Gasteiger partial charge in [-0.2, -0.15) is 0 Å². The first kappa shape index (κ1) is 18.7. The molecule has 1 aromatic heterocycles. The summed E-state index contributed by atoms with van der Waals surface area (Å²) < 4.78 is 6.35. The molecular formula is C19H27ClOSSi. The van der Waals surface area contributed by atoms with Gasteiger partial charge >= 0.3 is 0 Å². The molecule has 1 aromatic carbocycles. The lowest BCUT2D eigenvalue weighted by atomic mass is 10.1. The van der Waals surface area contributed by atoms with Crippen molar-refractivity contribution in [3.05, 3.63) is 56.2 Å². The smallest absolute Gasteiger partial charge is 0.192 e. The molecule has 1 nitrogen and oxygen atoms in total. The largest absolute Gasteiger partial charge is 0.412 e. The molecule has 0 aliphatic carbocycles. The zero-order valence-corrected chi connectivity index (χ0v) is 17.6. The molecule has 0 fully saturated rings. The molecular weight excluding hydrogens is 340 g/mol. The summed E-state index contributed by atoms with van der Waals surface area (Å²) in [5.41, 5.74) is 2.64. The van der Waals surface area contributed by atoms with Crippen molar-refractivity contribution in [2.45, 2.75) is 58.9 Å². The van der Waals surface area contributed by atoms with E-state index in [-0.39, 0.29) is 5.04 Å². The Hall–Kier alpha value is -0.613. The van der Waals surface area contributed by atoms with Gasteiger partial charge in [-0.05, 0) is 60.8 Å². The maximum Gasteiger partial charge on any atom is 0.192 e. The van der Waals surface area contributed by atoms with E-state index in [0.717, 1.165) is 18.1 Å². The van der Waals surface area contributed by atoms with Gasteiger partial charge in [0.1, 0.15) is 0 Å². The summed E-state index contributed by atoms with van der Waals surface area (Å²) in [7, 11) is -1.69. The number of aryl methyl sites for hydroxylation is 1. The molecule has 1 heterocycles. The van der Waals surface area contributed by atoms with Crippen LogP contribution in [0.3, 0.4) is 0 Å². The molecule has 0 aliphatic heterocycles. The van der Waals surface area contributed by atoms with Crippen LogP contribution < -0.4 is 0 Å². The van der Waals surface area contributed by atoms with Crippen molar-refractivity contribution >= 4 is 31.3 Å². The molecule has 0 saturated carbocycles. The lowest BCUT2D eigenvalue weighted by molar-refractivity contribution is 0.279. The van der Waals surface area contributed by atoms with Crippen molar-refractivity contribution in [2.24, 2.45) is 0 Å². The second kappa shape index (κ2) is 7.10. The van der Waals surface area contributed by atoms with Gasteiger partial charge in [0.2, 0.25) is 0 Å². The lowest BCUT2D eigenvalue weighted by Gasteiger charge is -2.36. The summed E-state index contributed by atoms with van der Waals surface area (Å²) in [4.78, 5) is 2.70. The number of rotatable bonds is 5. The molecule has 0 aliphatic rings. The highest BCUT2D eigenvalue weighted by atomic mass is 35.5. The van der Waals surface area contributed by atoms with Gasteiger partial charge in [0.05, 0.1) is 6.61 Å². The molecule has 0 spiro atoms. The van der Waals surface area contributed by atoms with Crippen molar-refractivity contribution in [3.63, 3.8) is 0 Å². The topological polar surface area (TPSA) is 9.23 Å². The van der Waals surface area contributed by atoms with Crippen molar-refractivity contribution in [1.82, 2.24) is 0 Å². The number of hydrogen-bond donors (Lipinski definition) is 0. The summed E-state index contributed by atoms with van der Waals surface area (Å²) in [6, 6.07) is 10.4. The van der Waals surface area contributed by atoms with Crippen LogP contribution in [0.1, 0.15) is 41.7 Å². The average Bonchev–Trinajstić information content (AvgIpc) is 2.76. The zero-order valence-electron chi connectivity index (χ0n) is 15.0. The Balaban J connectivity index is 2.07. The molecule has 126 valence electrons. The Bertz CT molecular complexity index is 670. The molecule has 0 unspecified atom stereocenters. The predicted molar refractivity (Wildman–Crippen MR) is 105 cm³/mol. The monoisotopic (exact) mass is 366 g/mol. The zero-order chi connectivity index (χ0) is 17.3. The standard InChI is InChI=1S/C19H27ClOSSi/c1-14-16(10-15-8-7-9-17(20)11-15)12-18(22-14)13-21-23(5,6)19(2,3)4/h7-9,11-12H,10,13H2,1-6H3. The van der Waals surface area contributed by atoms with Crippen LogP contribution in [0.5, 0.6) is 0 Å². The first-order valence-corrected chi connectivity index (χ1v) is 12.2. The molecule has 2 aromatic rings. The molecule has 0 saturated heterocycles. The average molecular weight is 367 g/mol. The maximum atomic E-state index is 6.35. The molecule has 23 heavy (non-hydrogen) atoms. The van der Waals surface area contributed by atoms with Crippen molar-refractivity contribution < 1.29 is 4.43 Å². The number of benzene rings is 1. The second-order valence-corrected chi connectivity index (χ2v) is 14.2. The van der Waals surface area contributed by atoms with Crippen LogP contribution in [-0.2, 0) is 17.5 Å². The summed E-state index contributed by atoms with van der Waals surface area (Å²) in [5.74, 6) is 0. The summed E-state index contributed by atoms with van der Waals surface area (Å²) in [6.07, 6.45) is 0.934. The fourth-order valence-corrected chi connectivity index (χ4v) is 4.41. The van der Waals surface area contributed by atoms with Gasteiger partial charge in [0, 0.05) is 14.8 Å². The van der Waals surface area contributed by atoms with E-state index in [1.165, 1.54) is 20.9 Å². The third-order valence-corrected chi connectivity index (χ3v) is 10.5. The van der Waals surface area contributed by atoms with E-state index in [2.05, 4.69) is 52.9 Å². The van der Waals surface area contributed by atoms with Gasteiger partial charge in [0.15, 0.2) is 8.32 Å². The quantitative estimate of drug-likeness (QED) is 0.527. The first-order valence-electron chi connectivity index (χ1n) is 8.05. The Kier molecular flexibility index (Phi) is 5.78. The van der Waals surface area contributed by atoms with Crippen LogP contribution in [-0.4, -0.2) is 8.32 Å². The van der Waals surface area contributed by atoms with E-state index in [4.69, 9.17) is 16.0 Å². The highest BCUT2D eigenvalue weighted by Gasteiger charge is 2.37. The molecule has 0 radical (unpaired) electrons. The van der Waals surface area contributed by atoms with Gasteiger partial charge in [-0.25, -0.2) is 0 Å². The molecule has 0 amide bonds. The van der Waals surface area contributed by atoms with Crippen LogP contribution in [0, 0.1) is 6.92 Å². The minimum Gasteiger partial charge on any atom is -0.412 e. The highest BCUT2D eigenvalue weighted by Crippen LogP contribution is 2.37. The van der Waals surface area contributed by atoms with Crippen molar-refractivity contribution in [1.29, 1.82) is 0 Å². The normalized spacial score (nSPS) is 12.7. The van der Waals surface area contributed by atoms with Gasteiger partial charge in [0.25, 0.3) is 0 Å². The Labute approximate surface area is 150 Å². The van der Waals surface area contributed by atoms with E-state index in [1.54, 1.807) is 0 Å². The second-order valence-electron chi connectivity index (χ2n) is 7.65. The number of hydrogen-bond acceptors (Lipinski definition) is 2. The van der Waals surface area contributed by atoms with E-state index in [9.17, 15) is 0 Å². The maximum absolute atomic E-state index is 6.35. The minimum atomic E-state index is -1.69. The first-order chi connectivity index (χ1) is 10.6. The van der Waals surface area contributed by atoms with E-state index < -0.39 is 8.32 Å². The predicted octanol–water partition coefficient (Wildman–Crippen LogP) is 6.82. The van der Waals surface area contributed by atoms with Gasteiger partial charge in [-0.1, -0.05) is 44.5 Å². The SMILES string of the molecule is Cc1sc(CO[Si](C)(C)C(C)(C)C)cc1Cc1cccc(Cl)c1. The lowest BCUT2D eigenvalue weighted by Crippen LogP contribution is -2.40. The van der Waals surface area contributed by atoms with Crippen LogP contribution in [0.4, 0.5) is 0 Å². The molecule has 0 atom stereocenters. The summed E-state index contributed by atoms with van der Waals surface area (Å²) in [5, 5.41) is 1.06. The third kappa shape index (κ3) is 4.93. The fourth-order valence-electron chi connectivity index (χ4n) is 2.17. The molecule has 0 bridgehead atoms. The van der Waals surface area contributed by atoms with Gasteiger partial charge in [-0.15, -0.1) is 11.3 Å². The van der Waals surface area contributed by atoms with Crippen LogP contribution in [0.2, 0.25) is 23.2 Å². The number of thiophene rings is 1. The fraction of sp³-hybridized carbons (Fsp3) is 0.474. The highest BCUT2D eigenvalue weighted by molar-refractivity contribution is 7.12. The molecule has 4 heteroatoms. The van der Waals surface area contributed by atoms with Crippen LogP contribution >= 0.6 is 22.9 Å². The van der Waals surface area contributed by atoms with E-state index >= 15 is 0 Å². The van der Waals surface area contributed by atoms with Crippen molar-refractivity contribution in [2.75, 3.05) is 0 Å². The van der Waals surface area contributed by atoms with E-state index in [1.807, 2.05) is 29.5 Å². The van der Waals surface area contributed by atoms with Crippen LogP contribution in [0.15, 0.2) is 30.3 Å². The van der Waals surface area contributed by atoms with Gasteiger partial charge < -0.3 is 4.43 Å². The molecule has 0 N–H and O–H groups in total. The summed E-state index contributed by atoms with van der Waals surface area (Å²) >= 11 is 7.94. The third-order valence-electron chi connectivity index (χ3n) is 4.74. The Morgan fingerprint density at radius 1 is 1.17 bits per heavy atom. The van der Waals surface area contributed by atoms with Gasteiger partial charge in [-0.3, -0.25) is 0 Å². The Morgan fingerprint density at radius 2 is 1.87 bits per heavy atom. The van der Waals surface area contributed by atoms with Crippen LogP contribution in [0.25, 0.3) is 0 Å². The number of halogens is 1. The van der Waals surface area contributed by atoms with E-state index in [0.29, 0.717) is 0 Å². The molecule has 2 rings (SSSR count). The minimum absolute atomic E-state index is 0.253.